The Morgan fingerprint density at radius 1 is 1.30 bits per heavy atom. The van der Waals surface area contributed by atoms with Crippen LogP contribution in [0.4, 0.5) is 5.82 Å². The third kappa shape index (κ3) is 5.70. The molecule has 0 saturated carbocycles. The van der Waals surface area contributed by atoms with Gasteiger partial charge in [0.05, 0.1) is 5.70 Å². The fraction of sp³-hybridized carbons (Fsp3) is 0.300. The van der Waals surface area contributed by atoms with E-state index >= 15 is 0 Å². The summed E-state index contributed by atoms with van der Waals surface area (Å²) in [6.07, 6.45) is 7.44. The molecule has 1 aromatic heterocycles. The molecule has 0 radical (unpaired) electrons. The molecule has 1 aromatic rings. The topological polar surface area (TPSA) is 48.8 Å². The van der Waals surface area contributed by atoms with Crippen LogP contribution in [-0.4, -0.2) is 11.2 Å². The summed E-state index contributed by atoms with van der Waals surface area (Å²) in [5, 5.41) is 11.2. The summed E-state index contributed by atoms with van der Waals surface area (Å²) in [5.41, 5.74) is 4.80. The molecular weight excluding hydrogens is 282 g/mol. The molecule has 0 spiro atoms. The van der Waals surface area contributed by atoms with Gasteiger partial charge in [0.1, 0.15) is 5.82 Å². The second kappa shape index (κ2) is 8.89. The lowest BCUT2D eigenvalue weighted by Gasteiger charge is -2.18. The van der Waals surface area contributed by atoms with Crippen LogP contribution in [0.2, 0.25) is 0 Å². The van der Waals surface area contributed by atoms with Gasteiger partial charge < -0.3 is 10.7 Å². The van der Waals surface area contributed by atoms with Crippen molar-refractivity contribution in [2.75, 3.05) is 5.32 Å². The summed E-state index contributed by atoms with van der Waals surface area (Å²) in [7, 11) is 0. The molecular formula is C20H27N3. The second-order valence-corrected chi connectivity index (χ2v) is 5.84. The van der Waals surface area contributed by atoms with Crippen molar-refractivity contribution in [3.63, 3.8) is 0 Å². The summed E-state index contributed by atoms with van der Waals surface area (Å²) in [5.74, 6) is 1.01. The molecule has 0 aliphatic carbocycles. The summed E-state index contributed by atoms with van der Waals surface area (Å²) >= 11 is 0. The molecule has 0 bridgehead atoms. The third-order valence-electron chi connectivity index (χ3n) is 3.35. The van der Waals surface area contributed by atoms with Crippen molar-refractivity contribution in [1.82, 2.24) is 4.98 Å². The van der Waals surface area contributed by atoms with E-state index in [0.29, 0.717) is 0 Å². The highest BCUT2D eigenvalue weighted by atomic mass is 15.0. The molecule has 23 heavy (non-hydrogen) atoms. The normalized spacial score (nSPS) is 13.2. The van der Waals surface area contributed by atoms with Gasteiger partial charge in [0.15, 0.2) is 0 Å². The molecule has 0 aliphatic rings. The van der Waals surface area contributed by atoms with Crippen LogP contribution in [-0.2, 0) is 0 Å². The van der Waals surface area contributed by atoms with Crippen LogP contribution < -0.4 is 5.32 Å². The Kier molecular flexibility index (Phi) is 7.20. The first-order valence-electron chi connectivity index (χ1n) is 7.84. The smallest absolute Gasteiger partial charge is 0.130 e. The predicted molar refractivity (Wildman–Crippen MR) is 101 cm³/mol. The number of pyridine rings is 1. The Labute approximate surface area is 140 Å². The first-order valence-corrected chi connectivity index (χ1v) is 7.84. The zero-order valence-electron chi connectivity index (χ0n) is 14.8. The average Bonchev–Trinajstić information content (AvgIpc) is 2.47. The molecule has 1 rings (SSSR count). The molecule has 3 nitrogen and oxygen atoms in total. The third-order valence-corrected chi connectivity index (χ3v) is 3.35. The molecule has 0 atom stereocenters. The van der Waals surface area contributed by atoms with Crippen molar-refractivity contribution in [2.24, 2.45) is 5.92 Å². The molecule has 3 heteroatoms. The van der Waals surface area contributed by atoms with Crippen molar-refractivity contribution in [2.45, 2.75) is 34.6 Å². The number of aryl methyl sites for hydroxylation is 1. The van der Waals surface area contributed by atoms with Crippen LogP contribution >= 0.6 is 0 Å². The van der Waals surface area contributed by atoms with Gasteiger partial charge in [-0.25, -0.2) is 4.98 Å². The zero-order chi connectivity index (χ0) is 17.4. The number of aromatic nitrogens is 1. The van der Waals surface area contributed by atoms with Crippen molar-refractivity contribution >= 4 is 12.0 Å². The minimum atomic E-state index is 0.230. The minimum absolute atomic E-state index is 0.230. The van der Waals surface area contributed by atoms with Gasteiger partial charge in [-0.05, 0) is 50.0 Å². The van der Waals surface area contributed by atoms with E-state index in [4.69, 9.17) is 5.41 Å². The summed E-state index contributed by atoms with van der Waals surface area (Å²) in [6, 6.07) is 5.87. The first kappa shape index (κ1) is 18.6. The summed E-state index contributed by atoms with van der Waals surface area (Å²) in [4.78, 5) is 4.51. The standard InChI is InChI=1S/C20H27N3/c1-7-17(12-11-14(2)3)20(18(13-21)15(4)5)23-19-10-8-9-16(6)22-19/h7-13,15,21H,2H2,1,3-6H3,(H,22,23)/b12-11-,17-7+,20-18+,21-13?. The van der Waals surface area contributed by atoms with E-state index in [1.54, 1.807) is 0 Å². The van der Waals surface area contributed by atoms with Crippen LogP contribution in [0.25, 0.3) is 0 Å². The number of allylic oxidation sites excluding steroid dienone is 5. The monoisotopic (exact) mass is 309 g/mol. The van der Waals surface area contributed by atoms with Crippen LogP contribution in [0.1, 0.15) is 33.4 Å². The Morgan fingerprint density at radius 3 is 2.48 bits per heavy atom. The van der Waals surface area contributed by atoms with Gasteiger partial charge in [-0.1, -0.05) is 50.3 Å². The van der Waals surface area contributed by atoms with Gasteiger partial charge in [-0.15, -0.1) is 0 Å². The molecule has 0 aromatic carbocycles. The van der Waals surface area contributed by atoms with Crippen LogP contribution in [0.5, 0.6) is 0 Å². The van der Waals surface area contributed by atoms with Gasteiger partial charge >= 0.3 is 0 Å². The fourth-order valence-corrected chi connectivity index (χ4v) is 2.14. The van der Waals surface area contributed by atoms with Gasteiger partial charge in [0.2, 0.25) is 0 Å². The average molecular weight is 309 g/mol. The Morgan fingerprint density at radius 2 is 2.00 bits per heavy atom. The fourth-order valence-electron chi connectivity index (χ4n) is 2.14. The van der Waals surface area contributed by atoms with Crippen LogP contribution in [0.3, 0.4) is 0 Å². The molecule has 0 unspecified atom stereocenters. The maximum Gasteiger partial charge on any atom is 0.130 e. The Hall–Kier alpha value is -2.42. The SMILES string of the molecule is C=C(C)\C=C/C(=C\C)C(/Nc1cccc(C)n1)=C(/C=N)C(C)C. The zero-order valence-corrected chi connectivity index (χ0v) is 14.8. The highest BCUT2D eigenvalue weighted by Crippen LogP contribution is 2.23. The van der Waals surface area contributed by atoms with Gasteiger partial charge in [0.25, 0.3) is 0 Å². The number of nitrogens with one attached hydrogen (secondary N) is 2. The predicted octanol–water partition coefficient (Wildman–Crippen LogP) is 5.44. The first-order chi connectivity index (χ1) is 10.9. The minimum Gasteiger partial charge on any atom is -0.339 e. The van der Waals surface area contributed by atoms with E-state index in [2.05, 4.69) is 30.7 Å². The second-order valence-electron chi connectivity index (χ2n) is 5.84. The maximum absolute atomic E-state index is 7.80. The quantitative estimate of drug-likeness (QED) is 0.520. The highest BCUT2D eigenvalue weighted by molar-refractivity contribution is 5.81. The molecule has 0 fully saturated rings. The number of nitrogens with zero attached hydrogens (tertiary/aromatic N) is 1. The van der Waals surface area contributed by atoms with Crippen molar-refractivity contribution in [3.05, 3.63) is 71.1 Å². The number of anilines is 1. The van der Waals surface area contributed by atoms with E-state index in [9.17, 15) is 0 Å². The Balaban J connectivity index is 3.37. The van der Waals surface area contributed by atoms with Crippen molar-refractivity contribution in [3.8, 4) is 0 Å². The van der Waals surface area contributed by atoms with E-state index in [1.165, 1.54) is 6.21 Å². The van der Waals surface area contributed by atoms with Gasteiger partial charge in [-0.3, -0.25) is 0 Å². The van der Waals surface area contributed by atoms with Crippen molar-refractivity contribution < 1.29 is 0 Å². The number of hydrogen-bond donors (Lipinski definition) is 2. The molecule has 0 amide bonds. The van der Waals surface area contributed by atoms with E-state index in [1.807, 2.05) is 57.2 Å². The van der Waals surface area contributed by atoms with Crippen LogP contribution in [0.15, 0.2) is 65.4 Å². The molecule has 0 aliphatic heterocycles. The summed E-state index contributed by atoms with van der Waals surface area (Å²) < 4.78 is 0. The molecule has 122 valence electrons. The van der Waals surface area contributed by atoms with E-state index in [0.717, 1.165) is 33.9 Å². The van der Waals surface area contributed by atoms with Crippen molar-refractivity contribution in [1.29, 1.82) is 5.41 Å². The molecule has 1 heterocycles. The lowest BCUT2D eigenvalue weighted by Crippen LogP contribution is -2.11. The van der Waals surface area contributed by atoms with E-state index in [-0.39, 0.29) is 5.92 Å². The lowest BCUT2D eigenvalue weighted by molar-refractivity contribution is 0.797. The lowest BCUT2D eigenvalue weighted by atomic mass is 9.97. The largest absolute Gasteiger partial charge is 0.339 e. The number of rotatable bonds is 7. The highest BCUT2D eigenvalue weighted by Gasteiger charge is 2.12. The van der Waals surface area contributed by atoms with Gasteiger partial charge in [-0.2, -0.15) is 0 Å². The number of hydrogen-bond acceptors (Lipinski definition) is 3. The molecule has 0 saturated heterocycles. The van der Waals surface area contributed by atoms with E-state index < -0.39 is 0 Å². The maximum atomic E-state index is 7.80. The molecule has 2 N–H and O–H groups in total. The Bertz CT molecular complexity index is 661. The van der Waals surface area contributed by atoms with Gasteiger partial charge in [0, 0.05) is 11.9 Å². The van der Waals surface area contributed by atoms with Crippen LogP contribution in [0, 0.1) is 18.3 Å². The summed E-state index contributed by atoms with van der Waals surface area (Å²) in [6.45, 7) is 14.0.